The summed E-state index contributed by atoms with van der Waals surface area (Å²) in [5.41, 5.74) is 2.47. The summed E-state index contributed by atoms with van der Waals surface area (Å²) in [7, 11) is 0. The van der Waals surface area contributed by atoms with E-state index < -0.39 is 0 Å². The average molecular weight is 185 g/mol. The highest BCUT2D eigenvalue weighted by molar-refractivity contribution is 5.39. The lowest BCUT2D eigenvalue weighted by Crippen LogP contribution is -2.02. The van der Waals surface area contributed by atoms with Crippen molar-refractivity contribution >= 4 is 0 Å². The van der Waals surface area contributed by atoms with Crippen molar-refractivity contribution in [1.29, 1.82) is 5.26 Å². The van der Waals surface area contributed by atoms with Crippen molar-refractivity contribution in [2.75, 3.05) is 0 Å². The Labute approximate surface area is 85.4 Å². The Morgan fingerprint density at radius 2 is 1.93 bits per heavy atom. The number of hydrogen-bond acceptors (Lipinski definition) is 1. The van der Waals surface area contributed by atoms with Crippen LogP contribution in [-0.4, -0.2) is 0 Å². The Morgan fingerprint density at radius 1 is 1.29 bits per heavy atom. The van der Waals surface area contributed by atoms with Crippen LogP contribution in [0, 0.1) is 11.3 Å². The summed E-state index contributed by atoms with van der Waals surface area (Å²) in [5.74, 6) is 0. The number of benzene rings is 1. The first-order chi connectivity index (χ1) is 6.80. The average Bonchev–Trinajstić information content (AvgIpc) is 3.00. The van der Waals surface area contributed by atoms with Crippen LogP contribution in [0.4, 0.5) is 0 Å². The van der Waals surface area contributed by atoms with Gasteiger partial charge in [0.1, 0.15) is 0 Å². The molecule has 0 unspecified atom stereocenters. The molecular formula is C13H15N. The molecule has 1 aliphatic carbocycles. The van der Waals surface area contributed by atoms with Crippen LogP contribution in [0.15, 0.2) is 24.3 Å². The van der Waals surface area contributed by atoms with Crippen LogP contribution in [0.2, 0.25) is 0 Å². The van der Waals surface area contributed by atoms with Gasteiger partial charge >= 0.3 is 0 Å². The predicted molar refractivity (Wildman–Crippen MR) is 57.0 cm³/mol. The fourth-order valence-corrected chi connectivity index (χ4v) is 1.87. The van der Waals surface area contributed by atoms with E-state index in [0.717, 1.165) is 19.3 Å². The molecule has 2 rings (SSSR count). The summed E-state index contributed by atoms with van der Waals surface area (Å²) >= 11 is 0. The van der Waals surface area contributed by atoms with E-state index in [2.05, 4.69) is 37.3 Å². The zero-order valence-electron chi connectivity index (χ0n) is 8.59. The first-order valence-electron chi connectivity index (χ1n) is 5.31. The van der Waals surface area contributed by atoms with E-state index in [-0.39, 0.29) is 5.41 Å². The lowest BCUT2D eigenvalue weighted by Gasteiger charge is -2.06. The minimum Gasteiger partial charge on any atom is -0.197 e. The normalized spacial score (nSPS) is 17.4. The first-order valence-corrected chi connectivity index (χ1v) is 5.31. The van der Waals surface area contributed by atoms with Crippen molar-refractivity contribution in [1.82, 2.24) is 0 Å². The van der Waals surface area contributed by atoms with E-state index in [9.17, 15) is 0 Å². The molecule has 0 bridgehead atoms. The van der Waals surface area contributed by atoms with Crippen LogP contribution >= 0.6 is 0 Å². The van der Waals surface area contributed by atoms with Gasteiger partial charge in [0.25, 0.3) is 0 Å². The number of hydrogen-bond donors (Lipinski definition) is 0. The molecule has 0 N–H and O–H groups in total. The van der Waals surface area contributed by atoms with Crippen molar-refractivity contribution < 1.29 is 0 Å². The number of aryl methyl sites for hydroxylation is 1. The summed E-state index contributed by atoms with van der Waals surface area (Å²) in [4.78, 5) is 0. The topological polar surface area (TPSA) is 23.8 Å². The van der Waals surface area contributed by atoms with Crippen molar-refractivity contribution in [3.8, 4) is 6.07 Å². The molecule has 1 fully saturated rings. The molecule has 72 valence electrons. The van der Waals surface area contributed by atoms with Gasteiger partial charge in [-0.3, -0.25) is 0 Å². The van der Waals surface area contributed by atoms with E-state index in [1.807, 2.05) is 0 Å². The minimum absolute atomic E-state index is 0.120. The molecule has 14 heavy (non-hydrogen) atoms. The second-order valence-corrected chi connectivity index (χ2v) is 4.14. The van der Waals surface area contributed by atoms with Crippen molar-refractivity contribution in [3.05, 3.63) is 35.4 Å². The zero-order valence-corrected chi connectivity index (χ0v) is 8.59. The fraction of sp³-hybridized carbons (Fsp3) is 0.462. The molecule has 0 heterocycles. The van der Waals surface area contributed by atoms with Crippen LogP contribution < -0.4 is 0 Å². The molecule has 1 aromatic carbocycles. The molecule has 1 aromatic rings. The third-order valence-corrected chi connectivity index (χ3v) is 3.01. The van der Waals surface area contributed by atoms with Gasteiger partial charge in [-0.1, -0.05) is 37.6 Å². The molecule has 0 atom stereocenters. The Hall–Kier alpha value is -1.29. The molecule has 1 saturated carbocycles. The molecule has 0 spiro atoms. The molecule has 0 amide bonds. The quantitative estimate of drug-likeness (QED) is 0.709. The molecule has 1 heteroatoms. The van der Waals surface area contributed by atoms with Crippen LogP contribution in [0.25, 0.3) is 0 Å². The van der Waals surface area contributed by atoms with Gasteiger partial charge < -0.3 is 0 Å². The molecule has 0 aromatic heterocycles. The molecule has 1 aliphatic rings. The standard InChI is InChI=1S/C13H15N/c1-2-3-11-4-6-12(7-5-11)13(10-14)8-9-13/h4-7H,2-3,8-9H2,1H3. The van der Waals surface area contributed by atoms with Crippen LogP contribution in [0.3, 0.4) is 0 Å². The van der Waals surface area contributed by atoms with Gasteiger partial charge in [-0.2, -0.15) is 5.26 Å². The van der Waals surface area contributed by atoms with E-state index in [1.165, 1.54) is 17.5 Å². The maximum Gasteiger partial charge on any atom is 0.0823 e. The van der Waals surface area contributed by atoms with E-state index in [4.69, 9.17) is 5.26 Å². The zero-order chi connectivity index (χ0) is 10.0. The monoisotopic (exact) mass is 185 g/mol. The molecule has 0 saturated heterocycles. The highest BCUT2D eigenvalue weighted by Crippen LogP contribution is 2.47. The summed E-state index contributed by atoms with van der Waals surface area (Å²) in [6.45, 7) is 2.19. The van der Waals surface area contributed by atoms with Crippen LogP contribution in [0.5, 0.6) is 0 Å². The van der Waals surface area contributed by atoms with Gasteiger partial charge in [-0.05, 0) is 30.4 Å². The lowest BCUT2D eigenvalue weighted by atomic mass is 9.96. The predicted octanol–water partition coefficient (Wildman–Crippen LogP) is 3.19. The minimum atomic E-state index is -0.120. The van der Waals surface area contributed by atoms with Crippen molar-refractivity contribution in [2.45, 2.75) is 38.0 Å². The molecule has 0 aliphatic heterocycles. The van der Waals surface area contributed by atoms with Gasteiger partial charge in [-0.25, -0.2) is 0 Å². The number of nitrogens with zero attached hydrogens (tertiary/aromatic N) is 1. The number of nitriles is 1. The smallest absolute Gasteiger partial charge is 0.0823 e. The summed E-state index contributed by atoms with van der Waals surface area (Å²) in [6.07, 6.45) is 4.40. The second kappa shape index (κ2) is 3.46. The second-order valence-electron chi connectivity index (χ2n) is 4.14. The molecule has 1 nitrogen and oxygen atoms in total. The third kappa shape index (κ3) is 1.53. The van der Waals surface area contributed by atoms with E-state index >= 15 is 0 Å². The summed E-state index contributed by atoms with van der Waals surface area (Å²) in [6, 6.07) is 11.0. The maximum absolute atomic E-state index is 9.03. The SMILES string of the molecule is CCCc1ccc(C2(C#N)CC2)cc1. The van der Waals surface area contributed by atoms with Crippen LogP contribution in [0.1, 0.15) is 37.3 Å². The Kier molecular flexibility index (Phi) is 2.29. The molecule has 0 radical (unpaired) electrons. The highest BCUT2D eigenvalue weighted by Gasteiger charge is 2.44. The van der Waals surface area contributed by atoms with Crippen molar-refractivity contribution in [2.24, 2.45) is 0 Å². The Morgan fingerprint density at radius 3 is 2.36 bits per heavy atom. The number of rotatable bonds is 3. The first kappa shape index (κ1) is 9.27. The lowest BCUT2D eigenvalue weighted by molar-refractivity contribution is 0.892. The van der Waals surface area contributed by atoms with Crippen LogP contribution in [-0.2, 0) is 11.8 Å². The Balaban J connectivity index is 2.19. The van der Waals surface area contributed by atoms with Gasteiger partial charge in [0, 0.05) is 0 Å². The fourth-order valence-electron chi connectivity index (χ4n) is 1.87. The highest BCUT2D eigenvalue weighted by atomic mass is 14.5. The van der Waals surface area contributed by atoms with Crippen molar-refractivity contribution in [3.63, 3.8) is 0 Å². The van der Waals surface area contributed by atoms with E-state index in [1.54, 1.807) is 0 Å². The van der Waals surface area contributed by atoms with Gasteiger partial charge in [0.05, 0.1) is 11.5 Å². The molecular weight excluding hydrogens is 170 g/mol. The third-order valence-electron chi connectivity index (χ3n) is 3.01. The van der Waals surface area contributed by atoms with Gasteiger partial charge in [-0.15, -0.1) is 0 Å². The largest absolute Gasteiger partial charge is 0.197 e. The van der Waals surface area contributed by atoms with E-state index in [0.29, 0.717) is 0 Å². The van der Waals surface area contributed by atoms with Gasteiger partial charge in [0.15, 0.2) is 0 Å². The maximum atomic E-state index is 9.03. The summed E-state index contributed by atoms with van der Waals surface area (Å²) < 4.78 is 0. The Bertz CT molecular complexity index is 352. The summed E-state index contributed by atoms with van der Waals surface area (Å²) in [5, 5.41) is 9.03. The van der Waals surface area contributed by atoms with Gasteiger partial charge in [0.2, 0.25) is 0 Å².